The van der Waals surface area contributed by atoms with Gasteiger partial charge in [-0.1, -0.05) is 0 Å². The monoisotopic (exact) mass is 372 g/mol. The van der Waals surface area contributed by atoms with Crippen LogP contribution in [0.2, 0.25) is 0 Å². The summed E-state index contributed by atoms with van der Waals surface area (Å²) in [4.78, 5) is 24.5. The van der Waals surface area contributed by atoms with Gasteiger partial charge >= 0.3 is 5.97 Å². The van der Waals surface area contributed by atoms with Crippen molar-refractivity contribution in [3.8, 4) is 0 Å². The second-order valence-electron chi connectivity index (χ2n) is 6.44. The highest BCUT2D eigenvalue weighted by atomic mass is 32.2. The maximum atomic E-state index is 12.7. The molecule has 1 saturated carbocycles. The highest BCUT2D eigenvalue weighted by molar-refractivity contribution is 7.91. The number of aryl methyl sites for hydroxylation is 1. The maximum Gasteiger partial charge on any atom is 0.311 e. The number of nitrogens with one attached hydrogen (secondary N) is 1. The molecule has 1 aliphatic heterocycles. The number of hydrogen-bond donors (Lipinski definition) is 2. The van der Waals surface area contributed by atoms with Gasteiger partial charge in [-0.3, -0.25) is 9.59 Å². The van der Waals surface area contributed by atoms with Crippen LogP contribution in [0.1, 0.15) is 30.6 Å². The minimum absolute atomic E-state index is 0.0592. The molecule has 1 aromatic rings. The van der Waals surface area contributed by atoms with E-state index < -0.39 is 33.4 Å². The zero-order chi connectivity index (χ0) is 17.5. The molecule has 2 N–H and O–H groups in total. The van der Waals surface area contributed by atoms with Crippen LogP contribution in [0, 0.1) is 12.3 Å². The van der Waals surface area contributed by atoms with Crippen molar-refractivity contribution in [2.24, 2.45) is 5.41 Å². The van der Waals surface area contributed by atoms with Gasteiger partial charge in [-0.05, 0) is 44.7 Å². The smallest absolute Gasteiger partial charge is 0.311 e. The molecule has 2 aliphatic rings. The van der Waals surface area contributed by atoms with E-state index in [1.807, 2.05) is 6.92 Å². The fourth-order valence-corrected chi connectivity index (χ4v) is 6.02. The third-order valence-electron chi connectivity index (χ3n) is 4.69. The number of thiophene rings is 1. The molecule has 1 amide bonds. The minimum atomic E-state index is -3.69. The van der Waals surface area contributed by atoms with E-state index in [9.17, 15) is 18.0 Å². The first-order valence-electron chi connectivity index (χ1n) is 7.86. The van der Waals surface area contributed by atoms with Crippen LogP contribution in [0.3, 0.4) is 0 Å². The molecule has 0 bridgehead atoms. The van der Waals surface area contributed by atoms with E-state index >= 15 is 0 Å². The largest absolute Gasteiger partial charge is 0.481 e. The van der Waals surface area contributed by atoms with Crippen LogP contribution < -0.4 is 5.32 Å². The number of carbonyl (C=O) groups excluding carboxylic acids is 1. The van der Waals surface area contributed by atoms with Gasteiger partial charge in [0.15, 0.2) is 0 Å². The quantitative estimate of drug-likeness (QED) is 0.781. The van der Waals surface area contributed by atoms with Crippen molar-refractivity contribution in [1.29, 1.82) is 0 Å². The van der Waals surface area contributed by atoms with Gasteiger partial charge in [-0.15, -0.1) is 11.3 Å². The lowest BCUT2D eigenvalue weighted by Crippen LogP contribution is -2.47. The van der Waals surface area contributed by atoms with Gasteiger partial charge in [-0.25, -0.2) is 8.42 Å². The number of aliphatic carboxylic acids is 1. The summed E-state index contributed by atoms with van der Waals surface area (Å²) in [6.45, 7) is 2.20. The van der Waals surface area contributed by atoms with Crippen molar-refractivity contribution in [2.45, 2.75) is 42.9 Å². The molecule has 0 aromatic carbocycles. The Kier molecular flexibility index (Phi) is 4.43. The van der Waals surface area contributed by atoms with Crippen LogP contribution in [0.5, 0.6) is 0 Å². The number of nitrogens with zero attached hydrogens (tertiary/aromatic N) is 1. The van der Waals surface area contributed by atoms with E-state index in [1.54, 1.807) is 12.1 Å². The fourth-order valence-electron chi connectivity index (χ4n) is 2.95. The molecule has 0 radical (unpaired) electrons. The van der Waals surface area contributed by atoms with Crippen molar-refractivity contribution in [3.05, 3.63) is 17.0 Å². The zero-order valence-electron chi connectivity index (χ0n) is 13.3. The summed E-state index contributed by atoms with van der Waals surface area (Å²) in [7, 11) is -3.69. The summed E-state index contributed by atoms with van der Waals surface area (Å²) in [5, 5.41) is 11.8. The van der Waals surface area contributed by atoms with E-state index in [4.69, 9.17) is 5.11 Å². The van der Waals surface area contributed by atoms with Crippen LogP contribution in [-0.2, 0) is 19.6 Å². The van der Waals surface area contributed by atoms with Gasteiger partial charge in [-0.2, -0.15) is 4.31 Å². The van der Waals surface area contributed by atoms with Gasteiger partial charge in [0.1, 0.15) is 10.3 Å². The van der Waals surface area contributed by atoms with Gasteiger partial charge in [0.25, 0.3) is 10.0 Å². The summed E-state index contributed by atoms with van der Waals surface area (Å²) in [6, 6.07) is 2.54. The van der Waals surface area contributed by atoms with Gasteiger partial charge in [0.2, 0.25) is 5.91 Å². The highest BCUT2D eigenvalue weighted by Gasteiger charge is 2.51. The Balaban J connectivity index is 1.71. The van der Waals surface area contributed by atoms with Crippen molar-refractivity contribution >= 4 is 33.2 Å². The van der Waals surface area contributed by atoms with Crippen molar-refractivity contribution in [1.82, 2.24) is 9.62 Å². The summed E-state index contributed by atoms with van der Waals surface area (Å²) in [5.41, 5.74) is -0.858. The number of amides is 1. The normalized spacial score (nSPS) is 23.1. The first kappa shape index (κ1) is 17.4. The maximum absolute atomic E-state index is 12.7. The molecule has 0 spiro atoms. The molecular formula is C15H20N2O5S2. The predicted octanol–water partition coefficient (Wildman–Crippen LogP) is 1.19. The third kappa shape index (κ3) is 3.07. The number of carbonyl (C=O) groups is 2. The zero-order valence-corrected chi connectivity index (χ0v) is 15.0. The number of sulfonamides is 1. The van der Waals surface area contributed by atoms with Crippen LogP contribution >= 0.6 is 11.3 Å². The second-order valence-corrected chi connectivity index (χ2v) is 9.85. The molecule has 2 fully saturated rings. The Hall–Kier alpha value is -1.45. The molecule has 132 valence electrons. The topological polar surface area (TPSA) is 104 Å². The van der Waals surface area contributed by atoms with Gasteiger partial charge in [0.05, 0.1) is 5.41 Å². The highest BCUT2D eigenvalue weighted by Crippen LogP contribution is 2.45. The van der Waals surface area contributed by atoms with Gasteiger partial charge in [0, 0.05) is 18.0 Å². The minimum Gasteiger partial charge on any atom is -0.481 e. The van der Waals surface area contributed by atoms with Crippen molar-refractivity contribution in [2.75, 3.05) is 13.1 Å². The number of rotatable bonds is 6. The fraction of sp³-hybridized carbons (Fsp3) is 0.600. The van der Waals surface area contributed by atoms with E-state index in [-0.39, 0.29) is 10.8 Å². The molecular weight excluding hydrogens is 352 g/mol. The third-order valence-corrected chi connectivity index (χ3v) is 8.07. The van der Waals surface area contributed by atoms with Gasteiger partial charge < -0.3 is 10.4 Å². The average Bonchev–Trinajstić information content (AvgIpc) is 2.95. The summed E-state index contributed by atoms with van der Waals surface area (Å²) in [6.07, 6.45) is 2.16. The standard InChI is InChI=1S/C15H20N2O5S2/c1-10-4-5-12(23-10)24(21,22)17-8-2-3-11(17)13(18)16-9-15(6-7-15)14(19)20/h4-5,11H,2-3,6-9H2,1H3,(H,16,18)(H,19,20). The molecule has 24 heavy (non-hydrogen) atoms. The lowest BCUT2D eigenvalue weighted by molar-refractivity contribution is -0.143. The Labute approximate surface area is 144 Å². The summed E-state index contributed by atoms with van der Waals surface area (Å²) in [5.74, 6) is -1.32. The van der Waals surface area contributed by atoms with E-state index in [0.29, 0.717) is 32.2 Å². The number of hydrogen-bond acceptors (Lipinski definition) is 5. The average molecular weight is 372 g/mol. The van der Waals surface area contributed by atoms with E-state index in [2.05, 4.69) is 5.32 Å². The van der Waals surface area contributed by atoms with Crippen LogP contribution in [0.25, 0.3) is 0 Å². The molecule has 1 atom stereocenters. The lowest BCUT2D eigenvalue weighted by atomic mass is 10.1. The first-order valence-corrected chi connectivity index (χ1v) is 10.1. The Morgan fingerprint density at radius 3 is 2.67 bits per heavy atom. The molecule has 2 heterocycles. The molecule has 1 aliphatic carbocycles. The van der Waals surface area contributed by atoms with Crippen LogP contribution in [-0.4, -0.2) is 48.8 Å². The Bertz CT molecular complexity index is 767. The molecule has 7 nitrogen and oxygen atoms in total. The van der Waals surface area contributed by atoms with Crippen LogP contribution in [0.4, 0.5) is 0 Å². The molecule has 3 rings (SSSR count). The second kappa shape index (κ2) is 6.12. The molecule has 1 saturated heterocycles. The predicted molar refractivity (Wildman–Crippen MR) is 88.3 cm³/mol. The molecule has 1 aromatic heterocycles. The molecule has 1 unspecified atom stereocenters. The Morgan fingerprint density at radius 1 is 1.42 bits per heavy atom. The summed E-state index contributed by atoms with van der Waals surface area (Å²) >= 11 is 1.19. The SMILES string of the molecule is Cc1ccc(S(=O)(=O)N2CCCC2C(=O)NCC2(C(=O)O)CC2)s1. The number of carboxylic acids is 1. The van der Waals surface area contributed by atoms with Crippen molar-refractivity contribution < 1.29 is 23.1 Å². The Morgan fingerprint density at radius 2 is 2.12 bits per heavy atom. The summed E-state index contributed by atoms with van der Waals surface area (Å²) < 4.78 is 27.0. The van der Waals surface area contributed by atoms with Crippen molar-refractivity contribution in [3.63, 3.8) is 0 Å². The van der Waals surface area contributed by atoms with E-state index in [0.717, 1.165) is 4.88 Å². The number of carboxylic acid groups (broad SMARTS) is 1. The molecule has 9 heteroatoms. The lowest BCUT2D eigenvalue weighted by Gasteiger charge is -2.23. The first-order chi connectivity index (χ1) is 11.3. The van der Waals surface area contributed by atoms with Crippen LogP contribution in [0.15, 0.2) is 16.3 Å². The van der Waals surface area contributed by atoms with E-state index in [1.165, 1.54) is 15.6 Å².